The molecule has 1 N–H and O–H groups in total. The van der Waals surface area contributed by atoms with E-state index in [0.717, 1.165) is 17.7 Å². The van der Waals surface area contributed by atoms with Crippen LogP contribution < -0.4 is 10.2 Å². The molecule has 1 aromatic heterocycles. The van der Waals surface area contributed by atoms with Crippen LogP contribution in [0.5, 0.6) is 0 Å². The molecule has 2 heterocycles. The third-order valence-electron chi connectivity index (χ3n) is 3.78. The second-order valence-electron chi connectivity index (χ2n) is 5.26. The smallest absolute Gasteiger partial charge is 0.276 e. The molecule has 0 unspecified atom stereocenters. The molecule has 2 aromatic rings. The summed E-state index contributed by atoms with van der Waals surface area (Å²) in [6, 6.07) is 11.0. The van der Waals surface area contributed by atoms with Crippen LogP contribution in [-0.4, -0.2) is 29.9 Å². The van der Waals surface area contributed by atoms with Crippen molar-refractivity contribution in [3.63, 3.8) is 0 Å². The highest BCUT2D eigenvalue weighted by molar-refractivity contribution is 6.07. The molecule has 0 bridgehead atoms. The molecule has 116 valence electrons. The maximum atomic E-state index is 12.7. The van der Waals surface area contributed by atoms with Crippen molar-refractivity contribution in [1.82, 2.24) is 10.3 Å². The third-order valence-corrected chi connectivity index (χ3v) is 3.78. The summed E-state index contributed by atoms with van der Waals surface area (Å²) in [6.07, 6.45) is 3.92. The minimum absolute atomic E-state index is 0.187. The van der Waals surface area contributed by atoms with Crippen LogP contribution in [0.15, 0.2) is 55.3 Å². The minimum Gasteiger partial charge on any atom is -0.349 e. The summed E-state index contributed by atoms with van der Waals surface area (Å²) in [6.45, 7) is 4.57. The average molecular weight is 307 g/mol. The molecule has 0 fully saturated rings. The summed E-state index contributed by atoms with van der Waals surface area (Å²) < 4.78 is 0. The zero-order valence-corrected chi connectivity index (χ0v) is 12.7. The van der Waals surface area contributed by atoms with Crippen molar-refractivity contribution in [2.75, 3.05) is 18.0 Å². The van der Waals surface area contributed by atoms with E-state index in [2.05, 4.69) is 16.9 Å². The van der Waals surface area contributed by atoms with Crippen LogP contribution in [0.2, 0.25) is 0 Å². The predicted molar refractivity (Wildman–Crippen MR) is 88.6 cm³/mol. The van der Waals surface area contributed by atoms with E-state index in [4.69, 9.17) is 0 Å². The number of hydrogen-bond donors (Lipinski definition) is 1. The highest BCUT2D eigenvalue weighted by Gasteiger charge is 2.26. The number of rotatable bonds is 4. The van der Waals surface area contributed by atoms with E-state index in [9.17, 15) is 9.59 Å². The first-order valence-corrected chi connectivity index (χ1v) is 7.45. The number of aromatic nitrogens is 1. The van der Waals surface area contributed by atoms with Gasteiger partial charge in [0, 0.05) is 30.5 Å². The molecule has 0 saturated heterocycles. The van der Waals surface area contributed by atoms with Gasteiger partial charge in [0.15, 0.2) is 0 Å². The second kappa shape index (κ2) is 6.44. The van der Waals surface area contributed by atoms with E-state index in [1.807, 2.05) is 24.3 Å². The van der Waals surface area contributed by atoms with E-state index in [1.54, 1.807) is 17.0 Å². The van der Waals surface area contributed by atoms with Gasteiger partial charge in [-0.15, -0.1) is 6.58 Å². The Kier molecular flexibility index (Phi) is 4.19. The lowest BCUT2D eigenvalue weighted by Crippen LogP contribution is -2.30. The molecule has 2 amide bonds. The minimum atomic E-state index is -0.247. The number of anilines is 1. The normalized spacial score (nSPS) is 12.6. The average Bonchev–Trinajstić information content (AvgIpc) is 3.03. The van der Waals surface area contributed by atoms with E-state index >= 15 is 0 Å². The van der Waals surface area contributed by atoms with Crippen molar-refractivity contribution in [3.05, 3.63) is 72.1 Å². The Bertz CT molecular complexity index is 770. The molecule has 0 aliphatic carbocycles. The summed E-state index contributed by atoms with van der Waals surface area (Å²) in [5.74, 6) is -0.434. The van der Waals surface area contributed by atoms with Gasteiger partial charge < -0.3 is 10.2 Å². The van der Waals surface area contributed by atoms with Gasteiger partial charge in [0.05, 0.1) is 0 Å². The lowest BCUT2D eigenvalue weighted by Gasteiger charge is -2.17. The molecule has 3 rings (SSSR count). The highest BCUT2D eigenvalue weighted by Crippen LogP contribution is 2.28. The van der Waals surface area contributed by atoms with Gasteiger partial charge in [-0.1, -0.05) is 24.3 Å². The van der Waals surface area contributed by atoms with Gasteiger partial charge >= 0.3 is 0 Å². The SMILES string of the molecule is C=CCNC(=O)c1ccnc(C(=O)N2CCc3ccccc32)c1. The quantitative estimate of drug-likeness (QED) is 0.881. The summed E-state index contributed by atoms with van der Waals surface area (Å²) in [5.41, 5.74) is 2.76. The lowest BCUT2D eigenvalue weighted by atomic mass is 10.1. The first kappa shape index (κ1) is 15.0. The van der Waals surface area contributed by atoms with E-state index in [-0.39, 0.29) is 17.5 Å². The van der Waals surface area contributed by atoms with Crippen LogP contribution in [0.1, 0.15) is 26.4 Å². The fraction of sp³-hybridized carbons (Fsp3) is 0.167. The zero-order chi connectivity index (χ0) is 16.2. The number of nitrogens with one attached hydrogen (secondary N) is 1. The standard InChI is InChI=1S/C18H17N3O2/c1-2-9-20-17(22)14-7-10-19-15(12-14)18(23)21-11-8-13-5-3-4-6-16(13)21/h2-7,10,12H,1,8-9,11H2,(H,20,22). The van der Waals surface area contributed by atoms with Gasteiger partial charge in [-0.3, -0.25) is 14.6 Å². The first-order chi connectivity index (χ1) is 11.2. The number of carbonyl (C=O) groups is 2. The van der Waals surface area contributed by atoms with Crippen molar-refractivity contribution in [2.45, 2.75) is 6.42 Å². The topological polar surface area (TPSA) is 62.3 Å². The Morgan fingerprint density at radius 3 is 2.96 bits per heavy atom. The van der Waals surface area contributed by atoms with Crippen molar-refractivity contribution >= 4 is 17.5 Å². The van der Waals surface area contributed by atoms with Crippen molar-refractivity contribution in [2.24, 2.45) is 0 Å². The van der Waals surface area contributed by atoms with Gasteiger partial charge in [-0.05, 0) is 30.2 Å². The Hall–Kier alpha value is -2.95. The fourth-order valence-corrected chi connectivity index (χ4v) is 2.64. The van der Waals surface area contributed by atoms with Gasteiger partial charge in [0.1, 0.15) is 5.69 Å². The Labute approximate surface area is 134 Å². The molecular weight excluding hydrogens is 290 g/mol. The Morgan fingerprint density at radius 2 is 2.13 bits per heavy atom. The Balaban J connectivity index is 1.84. The van der Waals surface area contributed by atoms with Crippen LogP contribution in [0.25, 0.3) is 0 Å². The molecule has 1 aliphatic rings. The van der Waals surface area contributed by atoms with Crippen molar-refractivity contribution < 1.29 is 9.59 Å². The highest BCUT2D eigenvalue weighted by atomic mass is 16.2. The number of benzene rings is 1. The van der Waals surface area contributed by atoms with Crippen LogP contribution in [0.3, 0.4) is 0 Å². The monoisotopic (exact) mass is 307 g/mol. The first-order valence-electron chi connectivity index (χ1n) is 7.45. The lowest BCUT2D eigenvalue weighted by molar-refractivity contribution is 0.0958. The van der Waals surface area contributed by atoms with Crippen LogP contribution in [0.4, 0.5) is 5.69 Å². The Morgan fingerprint density at radius 1 is 1.30 bits per heavy atom. The number of para-hydroxylation sites is 1. The molecule has 0 spiro atoms. The molecule has 23 heavy (non-hydrogen) atoms. The van der Waals surface area contributed by atoms with Crippen molar-refractivity contribution in [3.8, 4) is 0 Å². The largest absolute Gasteiger partial charge is 0.349 e. The molecular formula is C18H17N3O2. The van der Waals surface area contributed by atoms with Crippen molar-refractivity contribution in [1.29, 1.82) is 0 Å². The van der Waals surface area contributed by atoms with E-state index in [0.29, 0.717) is 18.7 Å². The van der Waals surface area contributed by atoms with Gasteiger partial charge in [-0.2, -0.15) is 0 Å². The van der Waals surface area contributed by atoms with E-state index < -0.39 is 0 Å². The molecule has 1 aliphatic heterocycles. The zero-order valence-electron chi connectivity index (χ0n) is 12.7. The number of hydrogen-bond acceptors (Lipinski definition) is 3. The summed E-state index contributed by atoms with van der Waals surface area (Å²) in [5, 5.41) is 2.69. The van der Waals surface area contributed by atoms with Gasteiger partial charge in [0.25, 0.3) is 11.8 Å². The number of nitrogens with zero attached hydrogens (tertiary/aromatic N) is 2. The molecule has 0 saturated carbocycles. The fourth-order valence-electron chi connectivity index (χ4n) is 2.64. The summed E-state index contributed by atoms with van der Waals surface area (Å²) in [7, 11) is 0. The predicted octanol–water partition coefficient (Wildman–Crippen LogP) is 2.20. The van der Waals surface area contributed by atoms with Crippen LogP contribution in [0, 0.1) is 0 Å². The van der Waals surface area contributed by atoms with Crippen LogP contribution >= 0.6 is 0 Å². The van der Waals surface area contributed by atoms with Gasteiger partial charge in [-0.25, -0.2) is 0 Å². The van der Waals surface area contributed by atoms with Gasteiger partial charge in [0.2, 0.25) is 0 Å². The van der Waals surface area contributed by atoms with Crippen LogP contribution in [-0.2, 0) is 6.42 Å². The number of amides is 2. The maximum absolute atomic E-state index is 12.7. The molecule has 0 atom stereocenters. The number of fused-ring (bicyclic) bond motifs is 1. The molecule has 1 aromatic carbocycles. The molecule has 5 heteroatoms. The second-order valence-corrected chi connectivity index (χ2v) is 5.26. The maximum Gasteiger partial charge on any atom is 0.276 e. The number of carbonyl (C=O) groups excluding carboxylic acids is 2. The third kappa shape index (κ3) is 2.99. The summed E-state index contributed by atoms with van der Waals surface area (Å²) in [4.78, 5) is 30.5. The molecule has 0 radical (unpaired) electrons. The molecule has 5 nitrogen and oxygen atoms in total. The summed E-state index contributed by atoms with van der Waals surface area (Å²) >= 11 is 0. The number of pyridine rings is 1. The van der Waals surface area contributed by atoms with E-state index in [1.165, 1.54) is 12.3 Å².